The van der Waals surface area contributed by atoms with E-state index in [1.54, 1.807) is 0 Å². The maximum atomic E-state index is 12.4. The Morgan fingerprint density at radius 1 is 0.490 bits per heavy atom. The number of rotatable bonds is 39. The van der Waals surface area contributed by atoms with Crippen molar-refractivity contribution in [1.82, 2.24) is 5.32 Å². The van der Waals surface area contributed by atoms with E-state index in [-0.39, 0.29) is 12.5 Å². The van der Waals surface area contributed by atoms with Gasteiger partial charge in [0, 0.05) is 6.42 Å². The highest BCUT2D eigenvalue weighted by Gasteiger charge is 2.19. The van der Waals surface area contributed by atoms with Crippen molar-refractivity contribution in [3.05, 3.63) is 60.8 Å². The minimum atomic E-state index is -0.676. The lowest BCUT2D eigenvalue weighted by molar-refractivity contribution is -0.123. The summed E-state index contributed by atoms with van der Waals surface area (Å²) >= 11 is 0. The van der Waals surface area contributed by atoms with E-state index in [1.807, 2.05) is 0 Å². The zero-order valence-corrected chi connectivity index (χ0v) is 33.9. The molecule has 0 rings (SSSR count). The number of hydrogen-bond acceptors (Lipinski definition) is 3. The Labute approximate surface area is 317 Å². The van der Waals surface area contributed by atoms with Crippen molar-refractivity contribution in [2.24, 2.45) is 0 Å². The van der Waals surface area contributed by atoms with E-state index >= 15 is 0 Å². The number of allylic oxidation sites excluding steroid dienone is 10. The summed E-state index contributed by atoms with van der Waals surface area (Å²) in [6.07, 6.45) is 58.7. The van der Waals surface area contributed by atoms with Crippen molar-refractivity contribution in [2.75, 3.05) is 6.61 Å². The van der Waals surface area contributed by atoms with Gasteiger partial charge in [-0.1, -0.05) is 209 Å². The van der Waals surface area contributed by atoms with Crippen LogP contribution in [0, 0.1) is 0 Å². The van der Waals surface area contributed by atoms with E-state index in [2.05, 4.69) is 79.9 Å². The van der Waals surface area contributed by atoms with Crippen LogP contribution in [-0.4, -0.2) is 34.9 Å². The highest BCUT2D eigenvalue weighted by Crippen LogP contribution is 2.16. The molecular formula is C47H85NO3. The zero-order chi connectivity index (χ0) is 37.1. The van der Waals surface area contributed by atoms with E-state index in [9.17, 15) is 15.0 Å². The number of amides is 1. The highest BCUT2D eigenvalue weighted by molar-refractivity contribution is 5.76. The third-order valence-corrected chi connectivity index (χ3v) is 9.79. The topological polar surface area (TPSA) is 69.6 Å². The van der Waals surface area contributed by atoms with Gasteiger partial charge < -0.3 is 15.5 Å². The molecule has 0 saturated heterocycles. The van der Waals surface area contributed by atoms with Crippen LogP contribution in [0.2, 0.25) is 0 Å². The third-order valence-electron chi connectivity index (χ3n) is 9.79. The number of carbonyl (C=O) groups is 1. The monoisotopic (exact) mass is 712 g/mol. The predicted molar refractivity (Wildman–Crippen MR) is 225 cm³/mol. The Morgan fingerprint density at radius 3 is 1.27 bits per heavy atom. The molecule has 0 aliphatic rings. The Kier molecular flexibility index (Phi) is 40.9. The minimum absolute atomic E-state index is 0.0634. The molecule has 0 fully saturated rings. The average Bonchev–Trinajstić information content (AvgIpc) is 3.13. The molecule has 51 heavy (non-hydrogen) atoms. The molecule has 0 radical (unpaired) electrons. The first-order valence-electron chi connectivity index (χ1n) is 22.0. The summed E-state index contributed by atoms with van der Waals surface area (Å²) in [6.45, 7) is 4.23. The van der Waals surface area contributed by atoms with Gasteiger partial charge >= 0.3 is 0 Å². The van der Waals surface area contributed by atoms with Crippen molar-refractivity contribution in [3.8, 4) is 0 Å². The van der Waals surface area contributed by atoms with E-state index in [1.165, 1.54) is 116 Å². The predicted octanol–water partition coefficient (Wildman–Crippen LogP) is 13.7. The highest BCUT2D eigenvalue weighted by atomic mass is 16.3. The van der Waals surface area contributed by atoms with Gasteiger partial charge in [0.15, 0.2) is 0 Å². The van der Waals surface area contributed by atoms with Crippen LogP contribution in [0.15, 0.2) is 60.8 Å². The van der Waals surface area contributed by atoms with Crippen molar-refractivity contribution in [3.63, 3.8) is 0 Å². The molecule has 4 nitrogen and oxygen atoms in total. The second-order valence-corrected chi connectivity index (χ2v) is 14.7. The van der Waals surface area contributed by atoms with E-state index < -0.39 is 12.1 Å². The Bertz CT molecular complexity index is 858. The van der Waals surface area contributed by atoms with Crippen LogP contribution >= 0.6 is 0 Å². The summed E-state index contributed by atoms with van der Waals surface area (Å²) in [7, 11) is 0. The molecule has 296 valence electrons. The molecule has 3 N–H and O–H groups in total. The molecular weight excluding hydrogens is 627 g/mol. The lowest BCUT2D eigenvalue weighted by Gasteiger charge is -2.22. The van der Waals surface area contributed by atoms with Gasteiger partial charge in [0.2, 0.25) is 5.91 Å². The molecule has 2 atom stereocenters. The van der Waals surface area contributed by atoms with Crippen LogP contribution < -0.4 is 5.32 Å². The van der Waals surface area contributed by atoms with Crippen LogP contribution in [0.4, 0.5) is 0 Å². The van der Waals surface area contributed by atoms with E-state index in [0.717, 1.165) is 70.6 Å². The lowest BCUT2D eigenvalue weighted by atomic mass is 10.0. The van der Waals surface area contributed by atoms with Crippen molar-refractivity contribution >= 4 is 5.91 Å². The number of aliphatic hydroxyl groups excluding tert-OH is 2. The maximum Gasteiger partial charge on any atom is 0.220 e. The summed E-state index contributed by atoms with van der Waals surface area (Å²) in [5.74, 6) is -0.0634. The largest absolute Gasteiger partial charge is 0.394 e. The van der Waals surface area contributed by atoms with Gasteiger partial charge in [-0.2, -0.15) is 0 Å². The number of nitrogens with one attached hydrogen (secondary N) is 1. The normalized spacial score (nSPS) is 13.6. The van der Waals surface area contributed by atoms with Crippen LogP contribution in [0.25, 0.3) is 0 Å². The number of hydrogen-bond donors (Lipinski definition) is 3. The lowest BCUT2D eigenvalue weighted by Crippen LogP contribution is -2.45. The Hall–Kier alpha value is -1.91. The van der Waals surface area contributed by atoms with Crippen molar-refractivity contribution in [2.45, 2.75) is 225 Å². The summed E-state index contributed by atoms with van der Waals surface area (Å²) in [4.78, 5) is 12.4. The van der Waals surface area contributed by atoms with Gasteiger partial charge in [-0.05, 0) is 57.8 Å². The first-order chi connectivity index (χ1) is 25.2. The van der Waals surface area contributed by atoms with E-state index in [0.29, 0.717) is 12.8 Å². The van der Waals surface area contributed by atoms with Gasteiger partial charge in [0.1, 0.15) is 0 Å². The molecule has 0 aromatic carbocycles. The molecule has 0 heterocycles. The molecule has 0 aromatic rings. The summed E-state index contributed by atoms with van der Waals surface area (Å²) in [5.41, 5.74) is 0. The summed E-state index contributed by atoms with van der Waals surface area (Å²) in [6, 6.07) is -0.556. The minimum Gasteiger partial charge on any atom is -0.394 e. The quantitative estimate of drug-likeness (QED) is 0.0439. The fourth-order valence-electron chi connectivity index (χ4n) is 6.45. The molecule has 0 bridgehead atoms. The smallest absolute Gasteiger partial charge is 0.220 e. The van der Waals surface area contributed by atoms with Crippen molar-refractivity contribution in [1.29, 1.82) is 0 Å². The Balaban J connectivity index is 3.60. The van der Waals surface area contributed by atoms with Crippen LogP contribution in [0.5, 0.6) is 0 Å². The molecule has 1 amide bonds. The van der Waals surface area contributed by atoms with Gasteiger partial charge in [0.25, 0.3) is 0 Å². The Morgan fingerprint density at radius 2 is 0.863 bits per heavy atom. The van der Waals surface area contributed by atoms with Gasteiger partial charge in [0.05, 0.1) is 18.8 Å². The van der Waals surface area contributed by atoms with E-state index in [4.69, 9.17) is 0 Å². The maximum absolute atomic E-state index is 12.4. The fourth-order valence-corrected chi connectivity index (χ4v) is 6.45. The third kappa shape index (κ3) is 39.1. The summed E-state index contributed by atoms with van der Waals surface area (Å²) < 4.78 is 0. The SMILES string of the molecule is CC/C=C\C/C=C\C/C=C\C/C=C\C/C=C\CCCCCC(=O)NC(CO)C(O)CCCCCCCCCCCCCCCCCCCCCC. The molecule has 0 spiro atoms. The molecule has 0 aromatic heterocycles. The molecule has 0 aliphatic carbocycles. The van der Waals surface area contributed by atoms with Crippen molar-refractivity contribution < 1.29 is 15.0 Å². The zero-order valence-electron chi connectivity index (χ0n) is 33.9. The standard InChI is InChI=1S/C47H85NO3/c1-3-5-7-9-11-13-15-17-19-21-23-25-26-28-30-32-34-36-38-40-42-46(50)45(44-49)48-47(51)43-41-39-37-35-33-31-29-27-24-22-20-18-16-14-12-10-8-6-4-2/h6,8,12,14,18,20,24,27,31,33,45-46,49-50H,3-5,7,9-11,13,15-17,19,21-23,25-26,28-30,32,34-44H2,1-2H3,(H,48,51)/b8-6-,14-12-,20-18-,27-24-,33-31-. The molecule has 2 unspecified atom stereocenters. The number of carbonyl (C=O) groups excluding carboxylic acids is 1. The van der Waals surface area contributed by atoms with Gasteiger partial charge in [-0.3, -0.25) is 4.79 Å². The van der Waals surface area contributed by atoms with Gasteiger partial charge in [-0.15, -0.1) is 0 Å². The summed E-state index contributed by atoms with van der Waals surface area (Å²) in [5, 5.41) is 23.2. The first kappa shape index (κ1) is 49.1. The number of aliphatic hydroxyl groups is 2. The number of unbranched alkanes of at least 4 members (excludes halogenated alkanes) is 22. The average molecular weight is 712 g/mol. The van der Waals surface area contributed by atoms with Crippen LogP contribution in [0.1, 0.15) is 213 Å². The van der Waals surface area contributed by atoms with Crippen LogP contribution in [0.3, 0.4) is 0 Å². The van der Waals surface area contributed by atoms with Gasteiger partial charge in [-0.25, -0.2) is 0 Å². The first-order valence-corrected chi connectivity index (χ1v) is 22.0. The second kappa shape index (κ2) is 42.5. The molecule has 0 aliphatic heterocycles. The molecule has 0 saturated carbocycles. The fraction of sp³-hybridized carbons (Fsp3) is 0.766. The van der Waals surface area contributed by atoms with Crippen LogP contribution in [-0.2, 0) is 4.79 Å². The molecule has 4 heteroatoms. The second-order valence-electron chi connectivity index (χ2n) is 14.7.